The van der Waals surface area contributed by atoms with Gasteiger partial charge in [0.25, 0.3) is 0 Å². The molecule has 2 nitrogen and oxygen atoms in total. The molecule has 0 N–H and O–H groups in total. The Kier molecular flexibility index (Phi) is 2.57. The second-order valence-electron chi connectivity index (χ2n) is 6.12. The first kappa shape index (κ1) is 12.8. The number of ether oxygens (including phenoxy) is 2. The maximum Gasteiger partial charge on any atom is 0.159 e. The fraction of sp³-hybridized carbons (Fsp3) is 0.143. The zero-order valence-corrected chi connectivity index (χ0v) is 12.7. The van der Waals surface area contributed by atoms with Crippen molar-refractivity contribution in [3.63, 3.8) is 0 Å². The summed E-state index contributed by atoms with van der Waals surface area (Å²) in [6, 6.07) is 20.8. The van der Waals surface area contributed by atoms with Gasteiger partial charge in [-0.05, 0) is 29.0 Å². The van der Waals surface area contributed by atoms with Crippen LogP contribution in [-0.2, 0) is 5.60 Å². The van der Waals surface area contributed by atoms with E-state index in [0.717, 1.165) is 29.0 Å². The second kappa shape index (κ2) is 4.63. The van der Waals surface area contributed by atoms with E-state index in [0.29, 0.717) is 6.61 Å². The highest BCUT2D eigenvalue weighted by molar-refractivity contribution is 5.93. The minimum absolute atomic E-state index is 0.412. The highest BCUT2D eigenvalue weighted by Gasteiger charge is 2.40. The van der Waals surface area contributed by atoms with E-state index >= 15 is 0 Å². The molecular formula is C21H16O2. The van der Waals surface area contributed by atoms with Gasteiger partial charge in [-0.3, -0.25) is 0 Å². The molecule has 2 heteroatoms. The largest absolute Gasteiger partial charge is 0.493 e. The first-order chi connectivity index (χ1) is 11.4. The molecule has 2 aliphatic rings. The molecule has 0 amide bonds. The van der Waals surface area contributed by atoms with Gasteiger partial charge in [0.15, 0.2) is 5.60 Å². The molecule has 0 aliphatic carbocycles. The summed E-state index contributed by atoms with van der Waals surface area (Å²) in [5, 5.41) is 2.47. The topological polar surface area (TPSA) is 18.5 Å². The van der Waals surface area contributed by atoms with Crippen LogP contribution in [0, 0.1) is 0 Å². The molecule has 0 saturated heterocycles. The molecule has 23 heavy (non-hydrogen) atoms. The van der Waals surface area contributed by atoms with Crippen molar-refractivity contribution in [1.29, 1.82) is 0 Å². The molecule has 1 spiro atoms. The molecule has 2 heterocycles. The molecule has 2 aliphatic heterocycles. The van der Waals surface area contributed by atoms with Crippen molar-refractivity contribution in [3.8, 4) is 11.5 Å². The SMILES string of the molecule is C1=CC2(CCOc3ccccc32)Oc2ccc3ccccc3c21. The lowest BCUT2D eigenvalue weighted by Crippen LogP contribution is -2.38. The Labute approximate surface area is 135 Å². The molecule has 3 aromatic carbocycles. The van der Waals surface area contributed by atoms with Crippen LogP contribution in [0.15, 0.2) is 66.7 Å². The summed E-state index contributed by atoms with van der Waals surface area (Å²) in [6.45, 7) is 0.671. The third-order valence-electron chi connectivity index (χ3n) is 4.82. The van der Waals surface area contributed by atoms with Gasteiger partial charge < -0.3 is 9.47 Å². The maximum atomic E-state index is 6.53. The smallest absolute Gasteiger partial charge is 0.159 e. The standard InChI is InChI=1S/C21H16O2/c1-2-6-16-15(5-1)9-10-19-17(16)11-12-21(23-19)13-14-22-20-8-4-3-7-18(20)21/h1-12H,13-14H2. The fourth-order valence-electron chi connectivity index (χ4n) is 3.65. The van der Waals surface area contributed by atoms with Crippen LogP contribution in [0.1, 0.15) is 17.5 Å². The molecule has 5 rings (SSSR count). The van der Waals surface area contributed by atoms with Crippen molar-refractivity contribution in [2.45, 2.75) is 12.0 Å². The van der Waals surface area contributed by atoms with Crippen LogP contribution in [0.4, 0.5) is 0 Å². The Balaban J connectivity index is 1.70. The predicted molar refractivity (Wildman–Crippen MR) is 91.8 cm³/mol. The van der Waals surface area contributed by atoms with E-state index in [9.17, 15) is 0 Å². The molecule has 0 bridgehead atoms. The monoisotopic (exact) mass is 300 g/mol. The molecule has 0 saturated carbocycles. The minimum atomic E-state index is -0.412. The number of para-hydroxylation sites is 1. The van der Waals surface area contributed by atoms with Crippen LogP contribution in [0.5, 0.6) is 11.5 Å². The van der Waals surface area contributed by atoms with Gasteiger partial charge in [0, 0.05) is 17.5 Å². The summed E-state index contributed by atoms with van der Waals surface area (Å²) in [4.78, 5) is 0. The van der Waals surface area contributed by atoms with Gasteiger partial charge in [0.2, 0.25) is 0 Å². The lowest BCUT2D eigenvalue weighted by Gasteiger charge is -2.39. The summed E-state index contributed by atoms with van der Waals surface area (Å²) >= 11 is 0. The Bertz CT molecular complexity index is 941. The van der Waals surface area contributed by atoms with Crippen molar-refractivity contribution >= 4 is 16.8 Å². The van der Waals surface area contributed by atoms with Gasteiger partial charge in [0.1, 0.15) is 11.5 Å². The average Bonchev–Trinajstić information content (AvgIpc) is 2.62. The Morgan fingerprint density at radius 3 is 2.70 bits per heavy atom. The van der Waals surface area contributed by atoms with Crippen molar-refractivity contribution in [2.24, 2.45) is 0 Å². The van der Waals surface area contributed by atoms with E-state index in [4.69, 9.17) is 9.47 Å². The zero-order valence-electron chi connectivity index (χ0n) is 12.7. The van der Waals surface area contributed by atoms with Crippen LogP contribution >= 0.6 is 0 Å². The van der Waals surface area contributed by atoms with Gasteiger partial charge in [-0.15, -0.1) is 0 Å². The third kappa shape index (κ3) is 1.81. The van der Waals surface area contributed by atoms with Crippen LogP contribution in [-0.4, -0.2) is 6.61 Å². The fourth-order valence-corrected chi connectivity index (χ4v) is 3.65. The summed E-state index contributed by atoms with van der Waals surface area (Å²) in [6.07, 6.45) is 5.24. The van der Waals surface area contributed by atoms with E-state index in [1.54, 1.807) is 0 Å². The third-order valence-corrected chi connectivity index (χ3v) is 4.82. The summed E-state index contributed by atoms with van der Waals surface area (Å²) in [5.74, 6) is 1.87. The van der Waals surface area contributed by atoms with Crippen LogP contribution in [0.25, 0.3) is 16.8 Å². The van der Waals surface area contributed by atoms with Gasteiger partial charge in [0.05, 0.1) is 6.61 Å². The normalized spacial score (nSPS) is 21.4. The van der Waals surface area contributed by atoms with Crippen molar-refractivity contribution in [3.05, 3.63) is 77.9 Å². The summed E-state index contributed by atoms with van der Waals surface area (Å²) in [5.41, 5.74) is 1.86. The number of hydrogen-bond acceptors (Lipinski definition) is 2. The van der Waals surface area contributed by atoms with E-state index in [1.807, 2.05) is 18.2 Å². The van der Waals surface area contributed by atoms with Crippen molar-refractivity contribution in [1.82, 2.24) is 0 Å². The predicted octanol–water partition coefficient (Wildman–Crippen LogP) is 4.92. The highest BCUT2D eigenvalue weighted by atomic mass is 16.5. The molecule has 0 aromatic heterocycles. The van der Waals surface area contributed by atoms with E-state index in [1.165, 1.54) is 10.8 Å². The van der Waals surface area contributed by atoms with E-state index in [2.05, 4.69) is 54.6 Å². The number of rotatable bonds is 0. The lowest BCUT2D eigenvalue weighted by atomic mass is 9.85. The van der Waals surface area contributed by atoms with Gasteiger partial charge in [-0.1, -0.05) is 54.6 Å². The van der Waals surface area contributed by atoms with E-state index in [-0.39, 0.29) is 0 Å². The Morgan fingerprint density at radius 2 is 1.70 bits per heavy atom. The Hall–Kier alpha value is -2.74. The molecule has 1 atom stereocenters. The molecule has 112 valence electrons. The summed E-state index contributed by atoms with van der Waals surface area (Å²) in [7, 11) is 0. The van der Waals surface area contributed by atoms with Gasteiger partial charge in [-0.2, -0.15) is 0 Å². The van der Waals surface area contributed by atoms with Crippen LogP contribution < -0.4 is 9.47 Å². The first-order valence-corrected chi connectivity index (χ1v) is 7.98. The van der Waals surface area contributed by atoms with Crippen molar-refractivity contribution < 1.29 is 9.47 Å². The molecular weight excluding hydrogens is 284 g/mol. The van der Waals surface area contributed by atoms with Gasteiger partial charge in [-0.25, -0.2) is 0 Å². The lowest BCUT2D eigenvalue weighted by molar-refractivity contribution is 0.0646. The number of hydrogen-bond donors (Lipinski definition) is 0. The molecule has 1 unspecified atom stereocenters. The number of fused-ring (bicyclic) bond motifs is 5. The zero-order chi connectivity index (χ0) is 15.3. The van der Waals surface area contributed by atoms with Crippen molar-refractivity contribution in [2.75, 3.05) is 6.61 Å². The quantitative estimate of drug-likeness (QED) is 0.586. The summed E-state index contributed by atoms with van der Waals surface area (Å²) < 4.78 is 12.3. The van der Waals surface area contributed by atoms with Crippen LogP contribution in [0.2, 0.25) is 0 Å². The van der Waals surface area contributed by atoms with Gasteiger partial charge >= 0.3 is 0 Å². The molecule has 0 fully saturated rings. The molecule has 3 aromatic rings. The van der Waals surface area contributed by atoms with E-state index < -0.39 is 5.60 Å². The molecule has 0 radical (unpaired) electrons. The number of benzene rings is 3. The highest BCUT2D eigenvalue weighted by Crippen LogP contribution is 2.46. The van der Waals surface area contributed by atoms with Crippen LogP contribution in [0.3, 0.4) is 0 Å². The first-order valence-electron chi connectivity index (χ1n) is 7.98. The Morgan fingerprint density at radius 1 is 0.826 bits per heavy atom. The average molecular weight is 300 g/mol. The maximum absolute atomic E-state index is 6.53. The minimum Gasteiger partial charge on any atom is -0.493 e. The second-order valence-corrected chi connectivity index (χ2v) is 6.12.